The van der Waals surface area contributed by atoms with E-state index in [9.17, 15) is 19.5 Å². The first kappa shape index (κ1) is 35.1. The molecule has 0 aliphatic rings. The number of nitrogens with one attached hydrogen (secondary N) is 1. The molecule has 11 nitrogen and oxygen atoms in total. The van der Waals surface area contributed by atoms with Gasteiger partial charge in [0.15, 0.2) is 0 Å². The minimum atomic E-state index is -1.11. The number of hydrogen-bond acceptors (Lipinski definition) is 10. The lowest BCUT2D eigenvalue weighted by molar-refractivity contribution is -0.139. The third kappa shape index (κ3) is 19.8. The van der Waals surface area contributed by atoms with Crippen molar-refractivity contribution in [1.82, 2.24) is 5.32 Å². The highest BCUT2D eigenvalue weighted by Gasteiger charge is 2.22. The number of nitrogens with zero attached hydrogens (tertiary/aromatic N) is 3. The average molecular weight is 594 g/mol. The first-order valence-electron chi connectivity index (χ1n) is 10.9. The van der Waals surface area contributed by atoms with Crippen molar-refractivity contribution in [2.75, 3.05) is 11.5 Å². The molecule has 0 radical (unpaired) electrons. The minimum Gasteiger partial charge on any atom is -0.480 e. The van der Waals surface area contributed by atoms with Crippen molar-refractivity contribution >= 4 is 66.9 Å². The third-order valence-corrected chi connectivity index (χ3v) is 10.2. The van der Waals surface area contributed by atoms with E-state index in [1.807, 2.05) is 20.8 Å². The van der Waals surface area contributed by atoms with Crippen LogP contribution in [0.5, 0.6) is 0 Å². The molecule has 37 heavy (non-hydrogen) atoms. The van der Waals surface area contributed by atoms with Crippen LogP contribution in [-0.4, -0.2) is 61.3 Å². The number of carbonyl (C=O) groups is 3. The molecule has 1 rings (SSSR count). The van der Waals surface area contributed by atoms with E-state index in [2.05, 4.69) is 36.1 Å². The molecule has 0 unspecified atom stereocenters. The maximum atomic E-state index is 11.8. The van der Waals surface area contributed by atoms with E-state index in [4.69, 9.17) is 21.1 Å². The van der Waals surface area contributed by atoms with Crippen LogP contribution in [0.4, 0.5) is 10.5 Å². The smallest absolute Gasteiger partial charge is 0.408 e. The Morgan fingerprint density at radius 1 is 1.00 bits per heavy atom. The molecule has 1 aromatic rings. The van der Waals surface area contributed by atoms with Crippen LogP contribution in [0, 0.1) is 0 Å². The summed E-state index contributed by atoms with van der Waals surface area (Å²) in [7, 11) is 6.09. The predicted octanol–water partition coefficient (Wildman–Crippen LogP) is 6.07. The fourth-order valence-electron chi connectivity index (χ4n) is 1.85. The second-order valence-electron chi connectivity index (χ2n) is 9.37. The van der Waals surface area contributed by atoms with E-state index < -0.39 is 30.1 Å². The first-order chi connectivity index (χ1) is 17.0. The zero-order valence-corrected chi connectivity index (χ0v) is 24.9. The van der Waals surface area contributed by atoms with Gasteiger partial charge < -0.3 is 26.0 Å². The lowest BCUT2D eigenvalue weighted by Gasteiger charge is -2.19. The van der Waals surface area contributed by atoms with Gasteiger partial charge in [-0.25, -0.2) is 9.59 Å². The largest absolute Gasteiger partial charge is 0.480 e. The number of benzene rings is 1. The zero-order chi connectivity index (χ0) is 28.6. The molecule has 0 saturated heterocycles. The van der Waals surface area contributed by atoms with E-state index in [1.54, 1.807) is 45.9 Å². The Balaban J connectivity index is 0.000000908. The number of carboxylic acids is 2. The van der Waals surface area contributed by atoms with Crippen molar-refractivity contribution in [2.24, 2.45) is 10.8 Å². The molecule has 208 valence electrons. The average Bonchev–Trinajstić information content (AvgIpc) is 2.76. The van der Waals surface area contributed by atoms with Crippen LogP contribution < -0.4 is 11.1 Å². The number of amides is 1. The summed E-state index contributed by atoms with van der Waals surface area (Å²) in [6, 6.07) is 4.72. The van der Waals surface area contributed by atoms with Gasteiger partial charge in [0, 0.05) is 31.6 Å². The Kier molecular flexibility index (Phi) is 16.7. The molecule has 0 aliphatic carbocycles. The molecule has 0 bridgehead atoms. The second-order valence-corrected chi connectivity index (χ2v) is 15.7. The van der Waals surface area contributed by atoms with E-state index >= 15 is 0 Å². The number of aliphatic carboxylic acids is 2. The van der Waals surface area contributed by atoms with Crippen molar-refractivity contribution in [2.45, 2.75) is 69.7 Å². The quantitative estimate of drug-likeness (QED) is 0.0953. The van der Waals surface area contributed by atoms with E-state index in [0.717, 1.165) is 0 Å². The zero-order valence-electron chi connectivity index (χ0n) is 21.7. The SMILES string of the molecule is CC(C)(C)SSC[C@H](N)C(=O)O.CC(C)(C)SSC[C@H](NC(=O)OCc1ccc(N=[N+]=[N-])cc1)C(=O)O. The monoisotopic (exact) mass is 593 g/mol. The number of nitrogens with two attached hydrogens (primary N) is 1. The van der Waals surface area contributed by atoms with Gasteiger partial charge in [-0.3, -0.25) is 4.79 Å². The molecular weight excluding hydrogens is 559 g/mol. The maximum Gasteiger partial charge on any atom is 0.408 e. The Labute approximate surface area is 233 Å². The van der Waals surface area contributed by atoms with Gasteiger partial charge in [-0.2, -0.15) is 0 Å². The van der Waals surface area contributed by atoms with Gasteiger partial charge in [0.05, 0.1) is 0 Å². The summed E-state index contributed by atoms with van der Waals surface area (Å²) >= 11 is 0. The number of hydrogen-bond donors (Lipinski definition) is 4. The van der Waals surface area contributed by atoms with Crippen molar-refractivity contribution in [3.8, 4) is 0 Å². The lowest BCUT2D eigenvalue weighted by Crippen LogP contribution is -2.42. The summed E-state index contributed by atoms with van der Waals surface area (Å²) < 4.78 is 5.17. The number of ether oxygens (including phenoxy) is 1. The first-order valence-corrected chi connectivity index (χ1v) is 15.6. The Morgan fingerprint density at radius 3 is 1.95 bits per heavy atom. The molecule has 0 saturated carbocycles. The summed E-state index contributed by atoms with van der Waals surface area (Å²) in [5.41, 5.74) is 14.8. The third-order valence-electron chi connectivity index (χ3n) is 3.47. The molecule has 0 aliphatic heterocycles. The lowest BCUT2D eigenvalue weighted by atomic mass is 10.2. The second kappa shape index (κ2) is 17.6. The molecule has 0 fully saturated rings. The van der Waals surface area contributed by atoms with Crippen LogP contribution in [0.3, 0.4) is 0 Å². The molecule has 5 N–H and O–H groups in total. The maximum absolute atomic E-state index is 11.8. The van der Waals surface area contributed by atoms with Crippen LogP contribution in [0.2, 0.25) is 0 Å². The highest BCUT2D eigenvalue weighted by atomic mass is 33.1. The van der Waals surface area contributed by atoms with E-state index in [-0.39, 0.29) is 21.9 Å². The Hall–Kier alpha value is -1.90. The standard InChI is InChI=1S/C15H20N4O4S2.C7H15NO2S2/c1-15(2,3)25-24-9-12(13(20)21)17-14(22)23-8-10-4-6-11(7-5-10)18-19-16;1-7(2,3)12-11-4-5(8)6(9)10/h4-7,12H,8-9H2,1-3H3,(H,17,22)(H,20,21);5H,4,8H2,1-3H3,(H,9,10)/t12-;5-/m00/s1. The molecular formula is C22H35N5O6S4. The fourth-order valence-corrected chi connectivity index (χ4v) is 6.72. The van der Waals surface area contributed by atoms with Crippen LogP contribution in [0.25, 0.3) is 10.4 Å². The Morgan fingerprint density at radius 2 is 1.51 bits per heavy atom. The predicted molar refractivity (Wildman–Crippen MR) is 155 cm³/mol. The van der Waals surface area contributed by atoms with Crippen molar-refractivity contribution in [3.05, 3.63) is 40.3 Å². The van der Waals surface area contributed by atoms with Crippen LogP contribution >= 0.6 is 43.2 Å². The number of carboxylic acid groups (broad SMARTS) is 2. The molecule has 0 spiro atoms. The molecule has 0 aromatic heterocycles. The number of rotatable bonds is 12. The van der Waals surface area contributed by atoms with Gasteiger partial charge in [0.25, 0.3) is 0 Å². The van der Waals surface area contributed by atoms with Crippen LogP contribution in [-0.2, 0) is 20.9 Å². The highest BCUT2D eigenvalue weighted by Crippen LogP contribution is 2.35. The van der Waals surface area contributed by atoms with E-state index in [1.165, 1.54) is 21.6 Å². The van der Waals surface area contributed by atoms with Gasteiger partial charge in [0.1, 0.15) is 18.7 Å². The summed E-state index contributed by atoms with van der Waals surface area (Å²) in [4.78, 5) is 36.0. The minimum absolute atomic E-state index is 0.00398. The Bertz CT molecular complexity index is 916. The van der Waals surface area contributed by atoms with Gasteiger partial charge in [-0.1, -0.05) is 114 Å². The number of azide groups is 1. The number of carbonyl (C=O) groups excluding carboxylic acids is 1. The van der Waals surface area contributed by atoms with Crippen molar-refractivity contribution in [1.29, 1.82) is 0 Å². The number of alkyl carbamates (subject to hydrolysis) is 1. The highest BCUT2D eigenvalue weighted by molar-refractivity contribution is 8.77. The van der Waals surface area contributed by atoms with Gasteiger partial charge in [-0.05, 0) is 11.1 Å². The molecule has 1 aromatic carbocycles. The summed E-state index contributed by atoms with van der Waals surface area (Å²) in [5.74, 6) is -1.36. The summed E-state index contributed by atoms with van der Waals surface area (Å²) in [5, 5.41) is 23.4. The van der Waals surface area contributed by atoms with Gasteiger partial charge >= 0.3 is 18.0 Å². The topological polar surface area (TPSA) is 188 Å². The molecule has 15 heteroatoms. The molecule has 2 atom stereocenters. The van der Waals surface area contributed by atoms with Crippen molar-refractivity contribution in [3.63, 3.8) is 0 Å². The normalized spacial score (nSPS) is 12.7. The fraction of sp³-hybridized carbons (Fsp3) is 0.591. The molecule has 1 amide bonds. The van der Waals surface area contributed by atoms with Crippen molar-refractivity contribution < 1.29 is 29.3 Å². The summed E-state index contributed by atoms with van der Waals surface area (Å²) in [6.45, 7) is 12.3. The summed E-state index contributed by atoms with van der Waals surface area (Å²) in [6.07, 6.45) is -0.798. The van der Waals surface area contributed by atoms with E-state index in [0.29, 0.717) is 17.0 Å². The molecule has 0 heterocycles. The van der Waals surface area contributed by atoms with Gasteiger partial charge in [0.2, 0.25) is 0 Å². The van der Waals surface area contributed by atoms with Crippen LogP contribution in [0.15, 0.2) is 29.4 Å². The van der Waals surface area contributed by atoms with Crippen LogP contribution in [0.1, 0.15) is 47.1 Å². The van der Waals surface area contributed by atoms with Gasteiger partial charge in [-0.15, -0.1) is 0 Å².